The van der Waals surface area contributed by atoms with Crippen molar-refractivity contribution in [2.45, 2.75) is 13.0 Å². The first-order valence-electron chi connectivity index (χ1n) is 5.48. The van der Waals surface area contributed by atoms with Crippen LogP contribution in [0.25, 0.3) is 0 Å². The predicted octanol–water partition coefficient (Wildman–Crippen LogP) is 3.37. The summed E-state index contributed by atoms with van der Waals surface area (Å²) in [5.41, 5.74) is 0.894. The minimum Gasteiger partial charge on any atom is -0.467 e. The molecule has 0 saturated heterocycles. The number of hydrogen-bond acceptors (Lipinski definition) is 4. The fraction of sp³-hybridized carbons (Fsp3) is 0.154. The fourth-order valence-electron chi connectivity index (χ4n) is 1.48. The van der Waals surface area contributed by atoms with Crippen LogP contribution < -0.4 is 0 Å². The third-order valence-corrected chi connectivity index (χ3v) is 2.51. The molecule has 0 fully saturated rings. The van der Waals surface area contributed by atoms with E-state index in [4.69, 9.17) is 4.42 Å². The highest BCUT2D eigenvalue weighted by Gasteiger charge is 2.05. The van der Waals surface area contributed by atoms with Crippen molar-refractivity contribution in [2.75, 3.05) is 0 Å². The molecule has 1 aromatic heterocycles. The van der Waals surface area contributed by atoms with Crippen LogP contribution in [0.3, 0.4) is 0 Å². The minimum atomic E-state index is -0.424. The SMILES string of the molecule is C[C@H](N=Cc1ccc([N+](=O)[O-])cc1)c1ccco1. The number of rotatable bonds is 4. The van der Waals surface area contributed by atoms with E-state index in [1.165, 1.54) is 12.1 Å². The monoisotopic (exact) mass is 244 g/mol. The van der Waals surface area contributed by atoms with Crippen LogP contribution in [0.5, 0.6) is 0 Å². The van der Waals surface area contributed by atoms with Crippen LogP contribution in [0.4, 0.5) is 5.69 Å². The molecule has 92 valence electrons. The lowest BCUT2D eigenvalue weighted by molar-refractivity contribution is -0.384. The number of non-ortho nitro benzene ring substituents is 1. The predicted molar refractivity (Wildman–Crippen MR) is 67.8 cm³/mol. The maximum absolute atomic E-state index is 10.5. The topological polar surface area (TPSA) is 68.6 Å². The quantitative estimate of drug-likeness (QED) is 0.470. The number of benzene rings is 1. The van der Waals surface area contributed by atoms with Gasteiger partial charge < -0.3 is 4.42 Å². The molecule has 0 N–H and O–H groups in total. The molecule has 1 aromatic carbocycles. The summed E-state index contributed by atoms with van der Waals surface area (Å²) in [6.45, 7) is 1.92. The normalized spacial score (nSPS) is 12.7. The molecule has 0 amide bonds. The number of nitrogens with zero attached hydrogens (tertiary/aromatic N) is 2. The van der Waals surface area contributed by atoms with Crippen LogP contribution in [-0.4, -0.2) is 11.1 Å². The molecule has 1 heterocycles. The highest BCUT2D eigenvalue weighted by molar-refractivity contribution is 5.80. The van der Waals surface area contributed by atoms with Crippen molar-refractivity contribution >= 4 is 11.9 Å². The molecular formula is C13H12N2O3. The molecule has 5 nitrogen and oxygen atoms in total. The zero-order chi connectivity index (χ0) is 13.0. The van der Waals surface area contributed by atoms with Crippen LogP contribution >= 0.6 is 0 Å². The first-order valence-corrected chi connectivity index (χ1v) is 5.48. The Balaban J connectivity index is 2.07. The van der Waals surface area contributed by atoms with E-state index in [1.807, 2.05) is 19.1 Å². The summed E-state index contributed by atoms with van der Waals surface area (Å²) >= 11 is 0. The lowest BCUT2D eigenvalue weighted by Crippen LogP contribution is -1.90. The fourth-order valence-corrected chi connectivity index (χ4v) is 1.48. The summed E-state index contributed by atoms with van der Waals surface area (Å²) in [5.74, 6) is 0.785. The van der Waals surface area contributed by atoms with Crippen LogP contribution in [0, 0.1) is 10.1 Å². The van der Waals surface area contributed by atoms with Gasteiger partial charge in [-0.05, 0) is 36.8 Å². The van der Waals surface area contributed by atoms with E-state index >= 15 is 0 Å². The maximum Gasteiger partial charge on any atom is 0.269 e. The number of furan rings is 1. The lowest BCUT2D eigenvalue weighted by Gasteiger charge is -2.01. The van der Waals surface area contributed by atoms with Gasteiger partial charge in [-0.1, -0.05) is 0 Å². The molecule has 18 heavy (non-hydrogen) atoms. The van der Waals surface area contributed by atoms with Crippen LogP contribution in [0.1, 0.15) is 24.3 Å². The van der Waals surface area contributed by atoms with E-state index in [9.17, 15) is 10.1 Å². The summed E-state index contributed by atoms with van der Waals surface area (Å²) in [4.78, 5) is 14.4. The van der Waals surface area contributed by atoms with Crippen molar-refractivity contribution in [1.82, 2.24) is 0 Å². The molecule has 2 aromatic rings. The van der Waals surface area contributed by atoms with Crippen molar-refractivity contribution in [3.8, 4) is 0 Å². The van der Waals surface area contributed by atoms with Gasteiger partial charge in [0.2, 0.25) is 0 Å². The largest absolute Gasteiger partial charge is 0.467 e. The van der Waals surface area contributed by atoms with E-state index in [-0.39, 0.29) is 11.7 Å². The second-order valence-corrected chi connectivity index (χ2v) is 3.82. The maximum atomic E-state index is 10.5. The molecule has 2 rings (SSSR count). The third-order valence-electron chi connectivity index (χ3n) is 2.51. The van der Waals surface area contributed by atoms with E-state index < -0.39 is 4.92 Å². The molecule has 0 spiro atoms. The molecule has 0 radical (unpaired) electrons. The first kappa shape index (κ1) is 12.0. The Bertz CT molecular complexity index is 544. The molecule has 0 saturated carbocycles. The van der Waals surface area contributed by atoms with Gasteiger partial charge in [0.25, 0.3) is 5.69 Å². The Morgan fingerprint density at radius 3 is 2.61 bits per heavy atom. The van der Waals surface area contributed by atoms with Crippen LogP contribution in [-0.2, 0) is 0 Å². The van der Waals surface area contributed by atoms with Crippen molar-refractivity contribution in [1.29, 1.82) is 0 Å². The van der Waals surface area contributed by atoms with Crippen molar-refractivity contribution < 1.29 is 9.34 Å². The van der Waals surface area contributed by atoms with E-state index in [0.29, 0.717) is 0 Å². The van der Waals surface area contributed by atoms with Crippen molar-refractivity contribution in [3.63, 3.8) is 0 Å². The second-order valence-electron chi connectivity index (χ2n) is 3.82. The van der Waals surface area contributed by atoms with Gasteiger partial charge in [-0.3, -0.25) is 15.1 Å². The van der Waals surface area contributed by atoms with Crippen LogP contribution in [0.2, 0.25) is 0 Å². The molecule has 0 unspecified atom stereocenters. The molecule has 1 atom stereocenters. The van der Waals surface area contributed by atoms with E-state index in [2.05, 4.69) is 4.99 Å². The number of hydrogen-bond donors (Lipinski definition) is 0. The second kappa shape index (κ2) is 5.27. The average molecular weight is 244 g/mol. The Kier molecular flexibility index (Phi) is 3.52. The minimum absolute atomic E-state index is 0.0739. The number of nitro groups is 1. The highest BCUT2D eigenvalue weighted by Crippen LogP contribution is 2.17. The van der Waals surface area contributed by atoms with Gasteiger partial charge in [-0.25, -0.2) is 0 Å². The molecular weight excluding hydrogens is 232 g/mol. The van der Waals surface area contributed by atoms with Crippen LogP contribution in [0.15, 0.2) is 52.1 Å². The van der Waals surface area contributed by atoms with E-state index in [0.717, 1.165) is 11.3 Å². The summed E-state index contributed by atoms with van der Waals surface area (Å²) in [5, 5.41) is 10.5. The molecule has 0 aliphatic rings. The van der Waals surface area contributed by atoms with Gasteiger partial charge in [0.1, 0.15) is 11.8 Å². The molecule has 0 aliphatic heterocycles. The third kappa shape index (κ3) is 2.82. The number of nitro benzene ring substituents is 1. The van der Waals surface area contributed by atoms with Gasteiger partial charge in [0.05, 0.1) is 11.2 Å². The van der Waals surface area contributed by atoms with Crippen molar-refractivity contribution in [3.05, 3.63) is 64.1 Å². The summed E-state index contributed by atoms with van der Waals surface area (Å²) in [6, 6.07) is 9.84. The molecule has 5 heteroatoms. The zero-order valence-electron chi connectivity index (χ0n) is 9.82. The summed E-state index contributed by atoms with van der Waals surface area (Å²) in [6.07, 6.45) is 3.28. The highest BCUT2D eigenvalue weighted by atomic mass is 16.6. The Morgan fingerprint density at radius 2 is 2.06 bits per heavy atom. The van der Waals surface area contributed by atoms with Gasteiger partial charge in [0.15, 0.2) is 0 Å². The van der Waals surface area contributed by atoms with Gasteiger partial charge in [-0.15, -0.1) is 0 Å². The Morgan fingerprint density at radius 1 is 1.33 bits per heavy atom. The standard InChI is InChI=1S/C13H12N2O3/c1-10(13-3-2-8-18-13)14-9-11-4-6-12(7-5-11)15(16)17/h2-10H,1H3/t10-/m0/s1. The Hall–Kier alpha value is -2.43. The lowest BCUT2D eigenvalue weighted by atomic mass is 10.2. The first-order chi connectivity index (χ1) is 8.66. The smallest absolute Gasteiger partial charge is 0.269 e. The molecule has 0 aliphatic carbocycles. The average Bonchev–Trinajstić information content (AvgIpc) is 2.90. The van der Waals surface area contributed by atoms with Crippen molar-refractivity contribution in [2.24, 2.45) is 4.99 Å². The Labute approximate surface area is 104 Å². The zero-order valence-corrected chi connectivity index (χ0v) is 9.82. The molecule has 0 bridgehead atoms. The number of aliphatic imine (C=N–C) groups is 1. The van der Waals surface area contributed by atoms with Gasteiger partial charge >= 0.3 is 0 Å². The summed E-state index contributed by atoms with van der Waals surface area (Å²) in [7, 11) is 0. The van der Waals surface area contributed by atoms with Gasteiger partial charge in [-0.2, -0.15) is 0 Å². The van der Waals surface area contributed by atoms with E-state index in [1.54, 1.807) is 24.6 Å². The summed E-state index contributed by atoms with van der Waals surface area (Å²) < 4.78 is 5.23. The van der Waals surface area contributed by atoms with Gasteiger partial charge in [0, 0.05) is 18.3 Å².